The third-order valence-corrected chi connectivity index (χ3v) is 2.75. The lowest BCUT2D eigenvalue weighted by atomic mass is 10.2. The molecule has 2 rings (SSSR count). The van der Waals surface area contributed by atoms with Crippen LogP contribution >= 0.6 is 0 Å². The van der Waals surface area contributed by atoms with E-state index >= 15 is 0 Å². The van der Waals surface area contributed by atoms with E-state index in [0.29, 0.717) is 0 Å². The highest BCUT2D eigenvalue weighted by Gasteiger charge is 2.08. The quantitative estimate of drug-likeness (QED) is 0.672. The van der Waals surface area contributed by atoms with Gasteiger partial charge in [0.25, 0.3) is 0 Å². The molecule has 0 aromatic heterocycles. The highest BCUT2D eigenvalue weighted by molar-refractivity contribution is 5.77. The molecule has 4 nitrogen and oxygen atoms in total. The van der Waals surface area contributed by atoms with Gasteiger partial charge in [-0.1, -0.05) is 0 Å². The van der Waals surface area contributed by atoms with Gasteiger partial charge in [0.05, 0.1) is 13.2 Å². The van der Waals surface area contributed by atoms with Gasteiger partial charge in [0, 0.05) is 38.8 Å². The predicted octanol–water partition coefficient (Wildman–Crippen LogP) is 2.18. The van der Waals surface area contributed by atoms with Crippen molar-refractivity contribution in [1.82, 2.24) is 0 Å². The van der Waals surface area contributed by atoms with Crippen molar-refractivity contribution in [3.8, 4) is 0 Å². The Bertz CT molecular complexity index is 246. The Morgan fingerprint density at radius 2 is 1.31 bits per heavy atom. The second kappa shape index (κ2) is 6.51. The van der Waals surface area contributed by atoms with Crippen LogP contribution in [0.2, 0.25) is 0 Å². The van der Waals surface area contributed by atoms with Crippen LogP contribution in [0, 0.1) is 0 Å². The Morgan fingerprint density at radius 3 is 1.69 bits per heavy atom. The van der Waals surface area contributed by atoms with Crippen LogP contribution in [-0.2, 0) is 9.47 Å². The summed E-state index contributed by atoms with van der Waals surface area (Å²) in [7, 11) is 0. The molecule has 0 N–H and O–H groups in total. The van der Waals surface area contributed by atoms with E-state index in [2.05, 4.69) is 9.98 Å². The molecule has 2 heterocycles. The average Bonchev–Trinajstić information content (AvgIpc) is 2.37. The Labute approximate surface area is 96.8 Å². The van der Waals surface area contributed by atoms with Crippen molar-refractivity contribution < 1.29 is 9.47 Å². The molecule has 4 heteroatoms. The largest absolute Gasteiger partial charge is 0.481 e. The van der Waals surface area contributed by atoms with Gasteiger partial charge in [-0.15, -0.1) is 0 Å². The van der Waals surface area contributed by atoms with Crippen LogP contribution in [-0.4, -0.2) is 38.1 Å². The molecule has 0 spiro atoms. The van der Waals surface area contributed by atoms with Gasteiger partial charge >= 0.3 is 0 Å². The Kier molecular flexibility index (Phi) is 4.65. The van der Waals surface area contributed by atoms with Crippen LogP contribution in [0.15, 0.2) is 9.98 Å². The maximum atomic E-state index is 5.46. The van der Waals surface area contributed by atoms with E-state index < -0.39 is 0 Å². The molecular formula is C12H20N2O2. The molecule has 0 atom stereocenters. The van der Waals surface area contributed by atoms with Crippen LogP contribution in [0.25, 0.3) is 0 Å². The van der Waals surface area contributed by atoms with Gasteiger partial charge in [-0.2, -0.15) is 0 Å². The van der Waals surface area contributed by atoms with E-state index in [1.165, 1.54) is 0 Å². The minimum atomic E-state index is 0.842. The molecule has 0 fully saturated rings. The fourth-order valence-electron chi connectivity index (χ4n) is 1.86. The van der Waals surface area contributed by atoms with Crippen LogP contribution < -0.4 is 0 Å². The molecule has 0 amide bonds. The fraction of sp³-hybridized carbons (Fsp3) is 0.833. The van der Waals surface area contributed by atoms with E-state index in [0.717, 1.165) is 76.6 Å². The van der Waals surface area contributed by atoms with E-state index in [-0.39, 0.29) is 0 Å². The molecule has 0 radical (unpaired) electrons. The van der Waals surface area contributed by atoms with Crippen molar-refractivity contribution in [2.75, 3.05) is 26.3 Å². The van der Waals surface area contributed by atoms with Gasteiger partial charge < -0.3 is 9.47 Å². The van der Waals surface area contributed by atoms with Crippen LogP contribution in [0.5, 0.6) is 0 Å². The Morgan fingerprint density at radius 1 is 0.812 bits per heavy atom. The molecule has 0 aromatic rings. The lowest BCUT2D eigenvalue weighted by Crippen LogP contribution is -2.15. The summed E-state index contributed by atoms with van der Waals surface area (Å²) in [6.07, 6.45) is 6.28. The van der Waals surface area contributed by atoms with Crippen LogP contribution in [0.3, 0.4) is 0 Å². The smallest absolute Gasteiger partial charge is 0.183 e. The van der Waals surface area contributed by atoms with Gasteiger partial charge in [0.1, 0.15) is 0 Å². The maximum Gasteiger partial charge on any atom is 0.183 e. The van der Waals surface area contributed by atoms with Gasteiger partial charge in [0.2, 0.25) is 0 Å². The van der Waals surface area contributed by atoms with Crippen molar-refractivity contribution in [2.24, 2.45) is 9.98 Å². The number of rotatable bonds is 5. The Balaban J connectivity index is 1.57. The Hall–Kier alpha value is -1.06. The molecule has 0 aromatic carbocycles. The minimum absolute atomic E-state index is 0.842. The molecule has 0 aliphatic carbocycles. The normalized spacial score (nSPS) is 20.5. The van der Waals surface area contributed by atoms with Crippen molar-refractivity contribution in [1.29, 1.82) is 0 Å². The van der Waals surface area contributed by atoms with E-state index in [9.17, 15) is 0 Å². The molecule has 0 saturated heterocycles. The van der Waals surface area contributed by atoms with Crippen molar-refractivity contribution >= 4 is 11.8 Å². The zero-order valence-corrected chi connectivity index (χ0v) is 9.78. The second-order valence-electron chi connectivity index (χ2n) is 4.16. The number of aliphatic imine (C=N–C) groups is 2. The zero-order chi connectivity index (χ0) is 11.1. The first kappa shape index (κ1) is 11.4. The highest BCUT2D eigenvalue weighted by atomic mass is 16.5. The van der Waals surface area contributed by atoms with Gasteiger partial charge in [0.15, 0.2) is 11.8 Å². The predicted molar refractivity (Wildman–Crippen MR) is 64.2 cm³/mol. The van der Waals surface area contributed by atoms with E-state index in [1.54, 1.807) is 0 Å². The van der Waals surface area contributed by atoms with Gasteiger partial charge in [-0.05, 0) is 12.8 Å². The van der Waals surface area contributed by atoms with Gasteiger partial charge in [-0.25, -0.2) is 0 Å². The lowest BCUT2D eigenvalue weighted by Gasteiger charge is -2.15. The number of ether oxygens (including phenoxy) is 2. The fourth-order valence-corrected chi connectivity index (χ4v) is 1.86. The van der Waals surface area contributed by atoms with Crippen molar-refractivity contribution in [3.05, 3.63) is 0 Å². The first-order chi connectivity index (χ1) is 7.95. The summed E-state index contributed by atoms with van der Waals surface area (Å²) in [5.41, 5.74) is 0. The topological polar surface area (TPSA) is 43.2 Å². The molecule has 2 aliphatic rings. The third kappa shape index (κ3) is 3.83. The number of nitrogens with zero attached hydrogens (tertiary/aromatic N) is 2. The standard InChI is InChI=1S/C12H20N2O2/c1(5-11-13-7-3-9-15-11)2-6-12-14-8-4-10-16-12/h1-10H2. The number of unbranched alkanes of at least 4 members (excludes halogenated alkanes) is 1. The SMILES string of the molecule is C1CN=C(CCCCC2=NCCCO2)OC1. The summed E-state index contributed by atoms with van der Waals surface area (Å²) in [6, 6.07) is 0. The van der Waals surface area contributed by atoms with Crippen LogP contribution in [0.1, 0.15) is 38.5 Å². The first-order valence-corrected chi connectivity index (χ1v) is 6.27. The van der Waals surface area contributed by atoms with E-state index in [4.69, 9.17) is 9.47 Å². The van der Waals surface area contributed by atoms with Gasteiger partial charge in [-0.3, -0.25) is 9.98 Å². The number of hydrogen-bond donors (Lipinski definition) is 0. The highest BCUT2D eigenvalue weighted by Crippen LogP contribution is 2.09. The van der Waals surface area contributed by atoms with E-state index in [1.807, 2.05) is 0 Å². The molecular weight excluding hydrogens is 204 g/mol. The first-order valence-electron chi connectivity index (χ1n) is 6.27. The molecule has 0 bridgehead atoms. The summed E-state index contributed by atoms with van der Waals surface area (Å²) in [5, 5.41) is 0. The lowest BCUT2D eigenvalue weighted by molar-refractivity contribution is 0.268. The van der Waals surface area contributed by atoms with Crippen LogP contribution in [0.4, 0.5) is 0 Å². The summed E-state index contributed by atoms with van der Waals surface area (Å²) in [5.74, 6) is 1.88. The summed E-state index contributed by atoms with van der Waals surface area (Å²) in [4.78, 5) is 8.69. The zero-order valence-electron chi connectivity index (χ0n) is 9.78. The molecule has 0 saturated carbocycles. The molecule has 2 aliphatic heterocycles. The monoisotopic (exact) mass is 224 g/mol. The minimum Gasteiger partial charge on any atom is -0.481 e. The summed E-state index contributed by atoms with van der Waals surface area (Å²) >= 11 is 0. The molecule has 0 unspecified atom stereocenters. The molecule has 90 valence electrons. The van der Waals surface area contributed by atoms with Crippen molar-refractivity contribution in [2.45, 2.75) is 38.5 Å². The summed E-state index contributed by atoms with van der Waals surface area (Å²) in [6.45, 7) is 3.56. The average molecular weight is 224 g/mol. The maximum absolute atomic E-state index is 5.46. The third-order valence-electron chi connectivity index (χ3n) is 2.75. The molecule has 16 heavy (non-hydrogen) atoms. The number of hydrogen-bond acceptors (Lipinski definition) is 4. The van der Waals surface area contributed by atoms with Crippen molar-refractivity contribution in [3.63, 3.8) is 0 Å². The second-order valence-corrected chi connectivity index (χ2v) is 4.16. The summed E-state index contributed by atoms with van der Waals surface area (Å²) < 4.78 is 10.9.